The largest absolute Gasteiger partial charge is 0.370 e. The molecule has 1 saturated heterocycles. The highest BCUT2D eigenvalue weighted by atomic mass is 16.5. The van der Waals surface area contributed by atoms with E-state index in [0.717, 1.165) is 47.6 Å². The third-order valence-corrected chi connectivity index (χ3v) is 4.65. The molecule has 134 valence electrons. The highest BCUT2D eigenvalue weighted by Gasteiger charge is 2.21. The van der Waals surface area contributed by atoms with Gasteiger partial charge in [-0.1, -0.05) is 30.3 Å². The Morgan fingerprint density at radius 3 is 2.92 bits per heavy atom. The molecule has 4 rings (SSSR count). The molecule has 3 aromatic rings. The van der Waals surface area contributed by atoms with Crippen molar-refractivity contribution in [2.75, 3.05) is 11.9 Å². The lowest BCUT2D eigenvalue weighted by Gasteiger charge is -2.12. The normalized spacial score (nSPS) is 18.1. The minimum Gasteiger partial charge on any atom is -0.370 e. The number of ether oxygens (including phenoxy) is 1. The average Bonchev–Trinajstić information content (AvgIpc) is 3.31. The number of imidazole rings is 1. The number of amides is 1. The number of H-pyrrole nitrogens is 1. The molecule has 2 heterocycles. The van der Waals surface area contributed by atoms with Crippen molar-refractivity contribution in [3.8, 4) is 0 Å². The number of aromatic amines is 1. The van der Waals surface area contributed by atoms with Gasteiger partial charge in [0.25, 0.3) is 0 Å². The quantitative estimate of drug-likeness (QED) is 0.657. The molecule has 4 N–H and O–H groups in total. The van der Waals surface area contributed by atoms with E-state index in [1.807, 2.05) is 48.5 Å². The predicted octanol–water partition coefficient (Wildman–Crippen LogP) is 3.44. The Balaban J connectivity index is 1.44. The topological polar surface area (TPSA) is 93.0 Å². The number of rotatable bonds is 5. The van der Waals surface area contributed by atoms with Gasteiger partial charge in [-0.3, -0.25) is 4.79 Å². The van der Waals surface area contributed by atoms with Crippen LogP contribution >= 0.6 is 0 Å². The molecule has 0 radical (unpaired) electrons. The molecule has 1 amide bonds. The molecule has 1 aliphatic rings. The first kappa shape index (κ1) is 16.8. The van der Waals surface area contributed by atoms with Crippen molar-refractivity contribution in [2.45, 2.75) is 31.4 Å². The molecule has 0 aliphatic carbocycles. The Morgan fingerprint density at radius 1 is 1.31 bits per heavy atom. The molecule has 6 heteroatoms. The number of nitrogens with one attached hydrogen (secondary N) is 2. The van der Waals surface area contributed by atoms with Gasteiger partial charge in [-0.05, 0) is 36.6 Å². The molecule has 0 saturated carbocycles. The van der Waals surface area contributed by atoms with Crippen molar-refractivity contribution < 1.29 is 9.53 Å². The number of aromatic nitrogens is 2. The fraction of sp³-hybridized carbons (Fsp3) is 0.300. The van der Waals surface area contributed by atoms with E-state index >= 15 is 0 Å². The number of carbonyl (C=O) groups is 1. The zero-order valence-electron chi connectivity index (χ0n) is 14.4. The average molecular weight is 350 g/mol. The summed E-state index contributed by atoms with van der Waals surface area (Å²) >= 11 is 0. The number of nitrogens with two attached hydrogens (primary N) is 1. The van der Waals surface area contributed by atoms with Crippen LogP contribution in [0.1, 0.15) is 42.8 Å². The van der Waals surface area contributed by atoms with Crippen LogP contribution in [0.15, 0.2) is 48.5 Å². The van der Waals surface area contributed by atoms with E-state index in [1.165, 1.54) is 0 Å². The van der Waals surface area contributed by atoms with Crippen LogP contribution in [0.25, 0.3) is 11.0 Å². The van der Waals surface area contributed by atoms with Gasteiger partial charge in [0.1, 0.15) is 11.9 Å². The summed E-state index contributed by atoms with van der Waals surface area (Å²) < 4.78 is 5.67. The van der Waals surface area contributed by atoms with E-state index < -0.39 is 0 Å². The lowest BCUT2D eigenvalue weighted by Crippen LogP contribution is -2.20. The summed E-state index contributed by atoms with van der Waals surface area (Å²) in [6, 6.07) is 15.0. The summed E-state index contributed by atoms with van der Waals surface area (Å²) in [5, 5.41) is 2.92. The van der Waals surface area contributed by atoms with Gasteiger partial charge in [0.2, 0.25) is 5.91 Å². The molecule has 2 aromatic carbocycles. The van der Waals surface area contributed by atoms with Gasteiger partial charge < -0.3 is 20.8 Å². The second-order valence-electron chi connectivity index (χ2n) is 6.63. The highest BCUT2D eigenvalue weighted by molar-refractivity contribution is 5.93. The first-order chi connectivity index (χ1) is 12.7. The van der Waals surface area contributed by atoms with Crippen LogP contribution in [-0.4, -0.2) is 22.5 Å². The van der Waals surface area contributed by atoms with Crippen molar-refractivity contribution >= 4 is 22.6 Å². The van der Waals surface area contributed by atoms with Crippen LogP contribution in [0.3, 0.4) is 0 Å². The van der Waals surface area contributed by atoms with Crippen LogP contribution in [0.4, 0.5) is 5.69 Å². The summed E-state index contributed by atoms with van der Waals surface area (Å²) in [4.78, 5) is 20.2. The Hall–Kier alpha value is -2.70. The number of anilines is 1. The minimum atomic E-state index is -0.321. The second kappa shape index (κ2) is 7.27. The summed E-state index contributed by atoms with van der Waals surface area (Å²) in [6.07, 6.45) is 2.32. The van der Waals surface area contributed by atoms with Gasteiger partial charge in [-0.25, -0.2) is 4.98 Å². The lowest BCUT2D eigenvalue weighted by molar-refractivity contribution is -0.116. The van der Waals surface area contributed by atoms with Crippen molar-refractivity contribution in [1.82, 2.24) is 9.97 Å². The van der Waals surface area contributed by atoms with E-state index in [2.05, 4.69) is 15.3 Å². The Labute approximate surface area is 151 Å². The summed E-state index contributed by atoms with van der Waals surface area (Å²) in [7, 11) is 0. The van der Waals surface area contributed by atoms with Gasteiger partial charge in [-0.15, -0.1) is 0 Å². The molecule has 0 spiro atoms. The molecule has 2 atom stereocenters. The summed E-state index contributed by atoms with van der Waals surface area (Å²) in [5.74, 6) is 0.742. The summed E-state index contributed by atoms with van der Waals surface area (Å²) in [6.45, 7) is 0.782. The first-order valence-corrected chi connectivity index (χ1v) is 8.91. The van der Waals surface area contributed by atoms with Crippen LogP contribution in [0.2, 0.25) is 0 Å². The van der Waals surface area contributed by atoms with Crippen LogP contribution in [-0.2, 0) is 9.53 Å². The number of hydrogen-bond acceptors (Lipinski definition) is 4. The van der Waals surface area contributed by atoms with E-state index in [1.54, 1.807) is 0 Å². The molecular formula is C20H22N4O2. The minimum absolute atomic E-state index is 0.0457. The number of hydrogen-bond donors (Lipinski definition) is 3. The Bertz CT molecular complexity index is 901. The Morgan fingerprint density at radius 2 is 2.15 bits per heavy atom. The van der Waals surface area contributed by atoms with Crippen LogP contribution in [0, 0.1) is 0 Å². The maximum atomic E-state index is 12.3. The van der Waals surface area contributed by atoms with E-state index in [9.17, 15) is 4.79 Å². The first-order valence-electron chi connectivity index (χ1n) is 8.91. The number of nitrogens with zero attached hydrogens (tertiary/aromatic N) is 1. The van der Waals surface area contributed by atoms with Gasteiger partial charge in [-0.2, -0.15) is 0 Å². The Kier molecular flexibility index (Phi) is 4.69. The van der Waals surface area contributed by atoms with Crippen LogP contribution in [0.5, 0.6) is 0 Å². The standard InChI is InChI=1S/C20H22N4O2/c21-15(13-5-2-1-3-6-13)12-19(25)22-14-8-9-16-17(11-14)24-20(23-16)18-7-4-10-26-18/h1-3,5-6,8-9,11,15,18H,4,7,10,12,21H2,(H,22,25)(H,23,24). The fourth-order valence-corrected chi connectivity index (χ4v) is 3.28. The maximum Gasteiger partial charge on any atom is 0.226 e. The van der Waals surface area contributed by atoms with Gasteiger partial charge in [0.15, 0.2) is 0 Å². The molecule has 2 unspecified atom stereocenters. The van der Waals surface area contributed by atoms with Crippen molar-refractivity contribution in [3.63, 3.8) is 0 Å². The third kappa shape index (κ3) is 3.61. The molecule has 6 nitrogen and oxygen atoms in total. The van der Waals surface area contributed by atoms with Gasteiger partial charge in [0.05, 0.1) is 11.0 Å². The number of carbonyl (C=O) groups excluding carboxylic acids is 1. The highest BCUT2D eigenvalue weighted by Crippen LogP contribution is 2.28. The monoisotopic (exact) mass is 350 g/mol. The molecular weight excluding hydrogens is 328 g/mol. The molecule has 26 heavy (non-hydrogen) atoms. The molecule has 1 aliphatic heterocycles. The van der Waals surface area contributed by atoms with Crippen molar-refractivity contribution in [2.24, 2.45) is 5.73 Å². The van der Waals surface area contributed by atoms with Gasteiger partial charge in [0, 0.05) is 24.8 Å². The molecule has 0 bridgehead atoms. The van der Waals surface area contributed by atoms with E-state index in [4.69, 9.17) is 10.5 Å². The lowest BCUT2D eigenvalue weighted by atomic mass is 10.0. The van der Waals surface area contributed by atoms with Gasteiger partial charge >= 0.3 is 0 Å². The van der Waals surface area contributed by atoms with Crippen molar-refractivity contribution in [1.29, 1.82) is 0 Å². The molecule has 1 aromatic heterocycles. The zero-order chi connectivity index (χ0) is 17.9. The molecule has 1 fully saturated rings. The van der Waals surface area contributed by atoms with Crippen LogP contribution < -0.4 is 11.1 Å². The van der Waals surface area contributed by atoms with Crippen molar-refractivity contribution in [3.05, 3.63) is 59.9 Å². The summed E-state index contributed by atoms with van der Waals surface area (Å²) in [5.41, 5.74) is 9.56. The second-order valence-corrected chi connectivity index (χ2v) is 6.63. The zero-order valence-corrected chi connectivity index (χ0v) is 14.4. The van der Waals surface area contributed by atoms with E-state index in [-0.39, 0.29) is 24.5 Å². The third-order valence-electron chi connectivity index (χ3n) is 4.65. The predicted molar refractivity (Wildman–Crippen MR) is 101 cm³/mol. The fourth-order valence-electron chi connectivity index (χ4n) is 3.28. The maximum absolute atomic E-state index is 12.3. The smallest absolute Gasteiger partial charge is 0.226 e. The number of benzene rings is 2. The van der Waals surface area contributed by atoms with E-state index in [0.29, 0.717) is 0 Å². The number of fused-ring (bicyclic) bond motifs is 1. The SMILES string of the molecule is NC(CC(=O)Nc1ccc2nc(C3CCCO3)[nH]c2c1)c1ccccc1.